The van der Waals surface area contributed by atoms with Crippen molar-refractivity contribution in [2.75, 3.05) is 42.9 Å². The van der Waals surface area contributed by atoms with Gasteiger partial charge in [-0.25, -0.2) is 14.4 Å². The number of hydrogen-bond acceptors (Lipinski definition) is 5. The molecule has 0 aliphatic carbocycles. The molecule has 0 radical (unpaired) electrons. The summed E-state index contributed by atoms with van der Waals surface area (Å²) in [4.78, 5) is 24.6. The summed E-state index contributed by atoms with van der Waals surface area (Å²) >= 11 is 0. The van der Waals surface area contributed by atoms with E-state index >= 15 is 0 Å². The van der Waals surface area contributed by atoms with Crippen LogP contribution in [0.4, 0.5) is 15.9 Å². The van der Waals surface area contributed by atoms with Crippen LogP contribution in [0.25, 0.3) is 0 Å². The molecular formula is C18H22FN5O. The van der Waals surface area contributed by atoms with Crippen LogP contribution in [0.1, 0.15) is 23.8 Å². The van der Waals surface area contributed by atoms with Gasteiger partial charge < -0.3 is 15.1 Å². The second-order valence-corrected chi connectivity index (χ2v) is 5.95. The number of benzene rings is 1. The molecule has 6 nitrogen and oxygen atoms in total. The Hall–Kier alpha value is -2.70. The van der Waals surface area contributed by atoms with Crippen LogP contribution in [0.3, 0.4) is 0 Å². The van der Waals surface area contributed by atoms with Gasteiger partial charge in [0.2, 0.25) is 0 Å². The maximum Gasteiger partial charge on any atom is 0.272 e. The molecule has 1 aliphatic heterocycles. The molecule has 1 aliphatic rings. The summed E-state index contributed by atoms with van der Waals surface area (Å²) in [6.07, 6.45) is 2.38. The van der Waals surface area contributed by atoms with E-state index in [0.717, 1.165) is 13.0 Å². The Kier molecular flexibility index (Phi) is 5.42. The first-order chi connectivity index (χ1) is 12.2. The molecule has 1 amide bonds. The van der Waals surface area contributed by atoms with Gasteiger partial charge in [0.25, 0.3) is 5.91 Å². The van der Waals surface area contributed by atoms with Crippen molar-refractivity contribution in [3.63, 3.8) is 0 Å². The Morgan fingerprint density at radius 2 is 1.96 bits per heavy atom. The topological polar surface area (TPSA) is 61.4 Å². The normalized spacial score (nSPS) is 14.5. The molecule has 0 atom stereocenters. The Morgan fingerprint density at radius 3 is 2.68 bits per heavy atom. The fourth-order valence-corrected chi connectivity index (χ4v) is 2.84. The zero-order chi connectivity index (χ0) is 17.6. The third-order valence-electron chi connectivity index (χ3n) is 4.20. The molecular weight excluding hydrogens is 321 g/mol. The molecule has 1 fully saturated rings. The first-order valence-corrected chi connectivity index (χ1v) is 8.53. The van der Waals surface area contributed by atoms with Crippen molar-refractivity contribution in [1.29, 1.82) is 0 Å². The van der Waals surface area contributed by atoms with Crippen LogP contribution in [-0.4, -0.2) is 53.5 Å². The predicted octanol–water partition coefficient (Wildman–Crippen LogP) is 2.40. The Bertz CT molecular complexity index is 731. The number of rotatable bonds is 5. The van der Waals surface area contributed by atoms with Gasteiger partial charge in [0.05, 0.1) is 5.69 Å². The van der Waals surface area contributed by atoms with Gasteiger partial charge in [-0.15, -0.1) is 0 Å². The third kappa shape index (κ3) is 4.04. The number of hydrogen-bond donors (Lipinski definition) is 1. The molecule has 3 rings (SSSR count). The number of carbonyl (C=O) groups is 1. The molecule has 0 bridgehead atoms. The van der Waals surface area contributed by atoms with Crippen LogP contribution >= 0.6 is 0 Å². The summed E-state index contributed by atoms with van der Waals surface area (Å²) in [5.41, 5.74) is 0.968. The molecule has 7 heteroatoms. The average molecular weight is 343 g/mol. The summed E-state index contributed by atoms with van der Waals surface area (Å²) in [7, 11) is 0. The van der Waals surface area contributed by atoms with E-state index in [4.69, 9.17) is 0 Å². The van der Waals surface area contributed by atoms with Gasteiger partial charge in [-0.3, -0.25) is 4.79 Å². The summed E-state index contributed by atoms with van der Waals surface area (Å²) in [6, 6.07) is 8.41. The van der Waals surface area contributed by atoms with E-state index in [-0.39, 0.29) is 11.7 Å². The van der Waals surface area contributed by atoms with Gasteiger partial charge in [-0.2, -0.15) is 0 Å². The Morgan fingerprint density at radius 1 is 1.20 bits per heavy atom. The summed E-state index contributed by atoms with van der Waals surface area (Å²) in [5.74, 6) is 0.310. The zero-order valence-electron chi connectivity index (χ0n) is 14.3. The predicted molar refractivity (Wildman–Crippen MR) is 95.3 cm³/mol. The van der Waals surface area contributed by atoms with Crippen molar-refractivity contribution in [1.82, 2.24) is 14.9 Å². The quantitative estimate of drug-likeness (QED) is 0.903. The van der Waals surface area contributed by atoms with E-state index in [9.17, 15) is 9.18 Å². The highest BCUT2D eigenvalue weighted by molar-refractivity contribution is 5.93. The molecule has 2 aromatic rings. The zero-order valence-corrected chi connectivity index (χ0v) is 14.3. The van der Waals surface area contributed by atoms with Gasteiger partial charge in [-0.1, -0.05) is 19.1 Å². The molecule has 1 aromatic carbocycles. The first kappa shape index (κ1) is 17.1. The molecule has 1 saturated heterocycles. The Balaban J connectivity index is 1.63. The van der Waals surface area contributed by atoms with Gasteiger partial charge in [0, 0.05) is 38.8 Å². The standard InChI is InChI=1S/C18H22FN5O/c1-2-7-20-17-12-15(21-13-22-17)18(25)24-10-8-23(9-11-24)16-6-4-3-5-14(16)19/h3-6,12-13H,2,7-11H2,1H3,(H,20,21,22). The Labute approximate surface area is 146 Å². The smallest absolute Gasteiger partial charge is 0.272 e. The second kappa shape index (κ2) is 7.92. The highest BCUT2D eigenvalue weighted by Crippen LogP contribution is 2.20. The molecule has 0 spiro atoms. The van der Waals surface area contributed by atoms with Gasteiger partial charge >= 0.3 is 0 Å². The van der Waals surface area contributed by atoms with Gasteiger partial charge in [0.15, 0.2) is 0 Å². The highest BCUT2D eigenvalue weighted by Gasteiger charge is 2.24. The lowest BCUT2D eigenvalue weighted by atomic mass is 10.2. The lowest BCUT2D eigenvalue weighted by molar-refractivity contribution is 0.0740. The molecule has 132 valence electrons. The van der Waals surface area contributed by atoms with Crippen LogP contribution in [0.2, 0.25) is 0 Å². The highest BCUT2D eigenvalue weighted by atomic mass is 19.1. The van der Waals surface area contributed by atoms with E-state index in [1.807, 2.05) is 11.0 Å². The van der Waals surface area contributed by atoms with E-state index in [0.29, 0.717) is 43.4 Å². The van der Waals surface area contributed by atoms with Gasteiger partial charge in [0.1, 0.15) is 23.7 Å². The minimum Gasteiger partial charge on any atom is -0.370 e. The second-order valence-electron chi connectivity index (χ2n) is 5.95. The fraction of sp³-hybridized carbons (Fsp3) is 0.389. The van der Waals surface area contributed by atoms with Crippen LogP contribution in [0, 0.1) is 5.82 Å². The molecule has 2 heterocycles. The minimum atomic E-state index is -0.232. The van der Waals surface area contributed by atoms with Gasteiger partial charge in [-0.05, 0) is 18.6 Å². The molecule has 25 heavy (non-hydrogen) atoms. The van der Waals surface area contributed by atoms with Crippen molar-refractivity contribution in [3.8, 4) is 0 Å². The number of piperazine rings is 1. The van der Waals surface area contributed by atoms with E-state index in [2.05, 4.69) is 22.2 Å². The molecule has 1 aromatic heterocycles. The molecule has 1 N–H and O–H groups in total. The minimum absolute atomic E-state index is 0.116. The van der Waals surface area contributed by atoms with E-state index in [1.54, 1.807) is 23.1 Å². The summed E-state index contributed by atoms with van der Waals surface area (Å²) in [5, 5.41) is 3.16. The largest absolute Gasteiger partial charge is 0.370 e. The average Bonchev–Trinajstić information content (AvgIpc) is 2.66. The number of anilines is 2. The lowest BCUT2D eigenvalue weighted by Crippen LogP contribution is -2.49. The van der Waals surface area contributed by atoms with Crippen molar-refractivity contribution in [2.24, 2.45) is 0 Å². The van der Waals surface area contributed by atoms with Crippen LogP contribution in [0.15, 0.2) is 36.7 Å². The van der Waals surface area contributed by atoms with Crippen molar-refractivity contribution < 1.29 is 9.18 Å². The van der Waals surface area contributed by atoms with Crippen molar-refractivity contribution in [2.45, 2.75) is 13.3 Å². The number of carbonyl (C=O) groups excluding carboxylic acids is 1. The maximum atomic E-state index is 13.9. The van der Waals surface area contributed by atoms with Crippen LogP contribution in [0.5, 0.6) is 0 Å². The van der Waals surface area contributed by atoms with Crippen molar-refractivity contribution in [3.05, 3.63) is 48.2 Å². The maximum absolute atomic E-state index is 13.9. The van der Waals surface area contributed by atoms with E-state index in [1.165, 1.54) is 12.4 Å². The third-order valence-corrected chi connectivity index (χ3v) is 4.20. The summed E-state index contributed by atoms with van der Waals surface area (Å²) in [6.45, 7) is 5.13. The molecule has 0 saturated carbocycles. The lowest BCUT2D eigenvalue weighted by Gasteiger charge is -2.36. The van der Waals surface area contributed by atoms with E-state index < -0.39 is 0 Å². The van der Waals surface area contributed by atoms with Crippen LogP contribution < -0.4 is 10.2 Å². The number of amides is 1. The first-order valence-electron chi connectivity index (χ1n) is 8.53. The van der Waals surface area contributed by atoms with Crippen LogP contribution in [-0.2, 0) is 0 Å². The number of nitrogens with one attached hydrogen (secondary N) is 1. The monoisotopic (exact) mass is 343 g/mol. The number of para-hydroxylation sites is 1. The number of aromatic nitrogens is 2. The summed E-state index contributed by atoms with van der Waals surface area (Å²) < 4.78 is 13.9. The SMILES string of the molecule is CCCNc1cc(C(=O)N2CCN(c3ccccc3F)CC2)ncn1. The molecule has 0 unspecified atom stereocenters. The van der Waals surface area contributed by atoms with Crippen molar-refractivity contribution >= 4 is 17.4 Å². The number of halogens is 1. The number of nitrogens with zero attached hydrogens (tertiary/aromatic N) is 4. The fourth-order valence-electron chi connectivity index (χ4n) is 2.84.